The minimum atomic E-state index is -0.405. The quantitative estimate of drug-likeness (QED) is 0.475. The highest BCUT2D eigenvalue weighted by Crippen LogP contribution is 2.25. The van der Waals surface area contributed by atoms with Gasteiger partial charge in [-0.25, -0.2) is 9.48 Å². The Hall–Kier alpha value is -3.41. The fourth-order valence-corrected chi connectivity index (χ4v) is 2.61. The maximum Gasteiger partial charge on any atom is 0.331 e. The summed E-state index contributed by atoms with van der Waals surface area (Å²) in [6, 6.07) is 17.5. The molecule has 1 heterocycles. The number of hydrogen-bond donors (Lipinski definition) is 0. The van der Waals surface area contributed by atoms with Gasteiger partial charge in [-0.1, -0.05) is 47.7 Å². The summed E-state index contributed by atoms with van der Waals surface area (Å²) in [6.07, 6.45) is 3.08. The van der Waals surface area contributed by atoms with Gasteiger partial charge >= 0.3 is 5.97 Å². The van der Waals surface area contributed by atoms with Crippen molar-refractivity contribution < 1.29 is 14.3 Å². The minimum Gasteiger partial charge on any atom is -0.489 e. The maximum absolute atomic E-state index is 12.0. The zero-order chi connectivity index (χ0) is 19.1. The Labute approximate surface area is 158 Å². The number of carbonyl (C=O) groups is 1. The number of aryl methyl sites for hydroxylation is 1. The Morgan fingerprint density at radius 1 is 1.11 bits per heavy atom. The Kier molecular flexibility index (Phi) is 5.99. The lowest BCUT2D eigenvalue weighted by Gasteiger charge is -2.10. The summed E-state index contributed by atoms with van der Waals surface area (Å²) >= 11 is 0. The van der Waals surface area contributed by atoms with E-state index in [9.17, 15) is 4.79 Å². The molecule has 6 heteroatoms. The van der Waals surface area contributed by atoms with Crippen LogP contribution in [0.4, 0.5) is 0 Å². The van der Waals surface area contributed by atoms with Crippen LogP contribution in [0.2, 0.25) is 0 Å². The average molecular weight is 363 g/mol. The van der Waals surface area contributed by atoms with Crippen LogP contribution >= 0.6 is 0 Å². The van der Waals surface area contributed by atoms with Crippen molar-refractivity contribution in [3.05, 3.63) is 83.7 Å². The van der Waals surface area contributed by atoms with Crippen LogP contribution in [0.5, 0.6) is 5.75 Å². The Bertz CT molecular complexity index is 915. The molecule has 0 spiro atoms. The molecule has 0 aliphatic carbocycles. The fourth-order valence-electron chi connectivity index (χ4n) is 2.61. The van der Waals surface area contributed by atoms with Crippen molar-refractivity contribution >= 4 is 11.5 Å². The first-order valence-electron chi connectivity index (χ1n) is 8.68. The molecular weight excluding hydrogens is 342 g/mol. The van der Waals surface area contributed by atoms with Gasteiger partial charge in [-0.2, -0.15) is 0 Å². The molecule has 0 fully saturated rings. The number of rotatable bonds is 7. The molecule has 1 aromatic heterocycles. The van der Waals surface area contributed by atoms with Crippen LogP contribution in [0.25, 0.3) is 5.57 Å². The second kappa shape index (κ2) is 8.80. The summed E-state index contributed by atoms with van der Waals surface area (Å²) < 4.78 is 12.5. The van der Waals surface area contributed by atoms with Crippen molar-refractivity contribution in [2.45, 2.75) is 13.5 Å². The van der Waals surface area contributed by atoms with Crippen molar-refractivity contribution in [2.24, 2.45) is 7.05 Å². The van der Waals surface area contributed by atoms with E-state index in [2.05, 4.69) is 10.3 Å². The van der Waals surface area contributed by atoms with Crippen molar-refractivity contribution in [3.8, 4) is 5.75 Å². The van der Waals surface area contributed by atoms with E-state index in [-0.39, 0.29) is 0 Å². The minimum absolute atomic E-state index is 0.318. The molecule has 0 atom stereocenters. The van der Waals surface area contributed by atoms with Crippen molar-refractivity contribution in [1.82, 2.24) is 15.0 Å². The van der Waals surface area contributed by atoms with E-state index >= 15 is 0 Å². The predicted octanol–water partition coefficient (Wildman–Crippen LogP) is 3.39. The van der Waals surface area contributed by atoms with E-state index in [0.29, 0.717) is 18.8 Å². The van der Waals surface area contributed by atoms with E-state index < -0.39 is 5.97 Å². The molecule has 0 amide bonds. The third-order valence-corrected chi connectivity index (χ3v) is 3.95. The number of ether oxygens (including phenoxy) is 2. The number of benzene rings is 2. The van der Waals surface area contributed by atoms with Crippen LogP contribution in [0, 0.1) is 0 Å². The molecular formula is C21H21N3O3. The lowest BCUT2D eigenvalue weighted by atomic mass is 10.0. The summed E-state index contributed by atoms with van der Waals surface area (Å²) in [5.41, 5.74) is 3.36. The van der Waals surface area contributed by atoms with E-state index in [1.54, 1.807) is 24.9 Å². The number of carbonyl (C=O) groups excluding carboxylic acids is 1. The Balaban J connectivity index is 1.81. The second-order valence-corrected chi connectivity index (χ2v) is 5.85. The third kappa shape index (κ3) is 4.82. The van der Waals surface area contributed by atoms with Crippen molar-refractivity contribution in [3.63, 3.8) is 0 Å². The van der Waals surface area contributed by atoms with Crippen LogP contribution in [0.1, 0.15) is 23.7 Å². The van der Waals surface area contributed by atoms with Crippen molar-refractivity contribution in [2.75, 3.05) is 6.61 Å². The second-order valence-electron chi connectivity index (χ2n) is 5.85. The van der Waals surface area contributed by atoms with E-state index in [1.165, 1.54) is 6.08 Å². The molecule has 0 bridgehead atoms. The molecule has 27 heavy (non-hydrogen) atoms. The highest BCUT2D eigenvalue weighted by molar-refractivity contribution is 5.95. The molecule has 0 radical (unpaired) electrons. The summed E-state index contributed by atoms with van der Waals surface area (Å²) in [4.78, 5) is 12.0. The highest BCUT2D eigenvalue weighted by atomic mass is 16.5. The fraction of sp³-hybridized carbons (Fsp3) is 0.190. The van der Waals surface area contributed by atoms with Crippen LogP contribution in [0.15, 0.2) is 66.9 Å². The summed E-state index contributed by atoms with van der Waals surface area (Å²) in [6.45, 7) is 2.59. The predicted molar refractivity (Wildman–Crippen MR) is 102 cm³/mol. The average Bonchev–Trinajstić information content (AvgIpc) is 3.12. The maximum atomic E-state index is 12.0. The monoisotopic (exact) mass is 363 g/mol. The smallest absolute Gasteiger partial charge is 0.331 e. The first-order valence-corrected chi connectivity index (χ1v) is 8.68. The highest BCUT2D eigenvalue weighted by Gasteiger charge is 2.13. The van der Waals surface area contributed by atoms with Gasteiger partial charge in [-0.15, -0.1) is 5.10 Å². The molecule has 0 aliphatic heterocycles. The summed E-state index contributed by atoms with van der Waals surface area (Å²) in [7, 11) is 1.78. The zero-order valence-corrected chi connectivity index (χ0v) is 15.3. The molecule has 3 rings (SSSR count). The Morgan fingerprint density at radius 3 is 2.48 bits per heavy atom. The molecule has 6 nitrogen and oxygen atoms in total. The zero-order valence-electron chi connectivity index (χ0n) is 15.3. The Morgan fingerprint density at radius 2 is 1.85 bits per heavy atom. The van der Waals surface area contributed by atoms with Gasteiger partial charge in [0.05, 0.1) is 18.5 Å². The molecule has 2 aromatic carbocycles. The first-order chi connectivity index (χ1) is 13.2. The van der Waals surface area contributed by atoms with Gasteiger partial charge in [0.25, 0.3) is 0 Å². The molecule has 0 unspecified atom stereocenters. The number of esters is 1. The molecule has 3 aromatic rings. The first kappa shape index (κ1) is 18.4. The lowest BCUT2D eigenvalue weighted by Crippen LogP contribution is -2.04. The number of hydrogen-bond acceptors (Lipinski definition) is 5. The summed E-state index contributed by atoms with van der Waals surface area (Å²) in [5, 5.41) is 7.84. The van der Waals surface area contributed by atoms with Crippen LogP contribution < -0.4 is 4.74 Å². The van der Waals surface area contributed by atoms with Gasteiger partial charge < -0.3 is 9.47 Å². The van der Waals surface area contributed by atoms with E-state index in [0.717, 1.165) is 22.6 Å². The summed E-state index contributed by atoms with van der Waals surface area (Å²) in [5.74, 6) is 0.347. The molecule has 138 valence electrons. The van der Waals surface area contributed by atoms with E-state index in [1.807, 2.05) is 54.6 Å². The van der Waals surface area contributed by atoms with E-state index in [4.69, 9.17) is 9.47 Å². The lowest BCUT2D eigenvalue weighted by molar-refractivity contribution is -0.137. The van der Waals surface area contributed by atoms with Crippen molar-refractivity contribution in [1.29, 1.82) is 0 Å². The molecule has 0 saturated carbocycles. The van der Waals surface area contributed by atoms with Gasteiger partial charge in [0.1, 0.15) is 12.4 Å². The third-order valence-electron chi connectivity index (χ3n) is 3.95. The number of aromatic nitrogens is 3. The molecule has 0 aliphatic rings. The van der Waals surface area contributed by atoms with Crippen LogP contribution in [0.3, 0.4) is 0 Å². The van der Waals surface area contributed by atoms with Gasteiger partial charge in [0.2, 0.25) is 0 Å². The van der Waals surface area contributed by atoms with Gasteiger partial charge in [0, 0.05) is 18.7 Å². The van der Waals surface area contributed by atoms with Gasteiger partial charge in [-0.3, -0.25) is 0 Å². The van der Waals surface area contributed by atoms with Gasteiger partial charge in [0.15, 0.2) is 0 Å². The largest absolute Gasteiger partial charge is 0.489 e. The standard InChI is InChI=1S/C21H21N3O3/c1-3-26-21(25)13-19(20-14-22-23-24(20)2)17-9-11-18(12-10-17)27-15-16-7-5-4-6-8-16/h4-14H,3,15H2,1-2H3/b19-13-. The van der Waals surface area contributed by atoms with Gasteiger partial charge in [-0.05, 0) is 30.2 Å². The topological polar surface area (TPSA) is 66.2 Å². The normalized spacial score (nSPS) is 11.3. The van der Waals surface area contributed by atoms with Crippen LogP contribution in [-0.2, 0) is 23.2 Å². The van der Waals surface area contributed by atoms with Crippen LogP contribution in [-0.4, -0.2) is 27.6 Å². The molecule has 0 saturated heterocycles. The molecule has 0 N–H and O–H groups in total. The SMILES string of the molecule is CCOC(=O)/C=C(/c1ccc(OCc2ccccc2)cc1)c1cnnn1C. The number of nitrogens with zero attached hydrogens (tertiary/aromatic N) is 3.